The summed E-state index contributed by atoms with van der Waals surface area (Å²) in [5.41, 5.74) is 8.42. The Bertz CT molecular complexity index is 310. The molecule has 0 radical (unpaired) electrons. The molecule has 0 saturated carbocycles. The fraction of sp³-hybridized carbons (Fsp3) is 0.500. The number of hydrogen-bond acceptors (Lipinski definition) is 2. The highest BCUT2D eigenvalue weighted by Crippen LogP contribution is 2.26. The predicted molar refractivity (Wildman–Crippen MR) is 59.7 cm³/mol. The van der Waals surface area contributed by atoms with Crippen LogP contribution in [0.15, 0.2) is 35.6 Å². The van der Waals surface area contributed by atoms with E-state index >= 15 is 0 Å². The molecule has 2 nitrogen and oxygen atoms in total. The van der Waals surface area contributed by atoms with Crippen LogP contribution in [0.4, 0.5) is 0 Å². The van der Waals surface area contributed by atoms with E-state index in [9.17, 15) is 0 Å². The van der Waals surface area contributed by atoms with Crippen LogP contribution in [-0.2, 0) is 0 Å². The Morgan fingerprint density at radius 1 is 1.50 bits per heavy atom. The van der Waals surface area contributed by atoms with Crippen molar-refractivity contribution >= 4 is 0 Å². The molecular formula is C12H18N2. The minimum absolute atomic E-state index is 0.248. The third-order valence-corrected chi connectivity index (χ3v) is 2.74. The molecule has 1 aliphatic carbocycles. The highest BCUT2D eigenvalue weighted by Gasteiger charge is 2.23. The van der Waals surface area contributed by atoms with Crippen LogP contribution < -0.4 is 11.1 Å². The first-order valence-corrected chi connectivity index (χ1v) is 5.24. The van der Waals surface area contributed by atoms with E-state index in [4.69, 9.17) is 5.73 Å². The van der Waals surface area contributed by atoms with Gasteiger partial charge in [-0.25, -0.2) is 0 Å². The summed E-state index contributed by atoms with van der Waals surface area (Å²) in [5, 5.41) is 3.45. The number of rotatable bonds is 2. The van der Waals surface area contributed by atoms with Gasteiger partial charge in [0.2, 0.25) is 0 Å². The first-order valence-electron chi connectivity index (χ1n) is 5.24. The van der Waals surface area contributed by atoms with Gasteiger partial charge in [-0.2, -0.15) is 0 Å². The van der Waals surface area contributed by atoms with Crippen LogP contribution in [0, 0.1) is 5.92 Å². The van der Waals surface area contributed by atoms with E-state index in [0.717, 1.165) is 6.42 Å². The second-order valence-electron chi connectivity index (χ2n) is 4.38. The molecule has 2 rings (SSSR count). The lowest BCUT2D eigenvalue weighted by Gasteiger charge is -2.20. The van der Waals surface area contributed by atoms with Crippen molar-refractivity contribution in [3.8, 4) is 0 Å². The van der Waals surface area contributed by atoms with Crippen molar-refractivity contribution < 1.29 is 0 Å². The summed E-state index contributed by atoms with van der Waals surface area (Å²) in [5.74, 6) is 0.548. The molecular weight excluding hydrogens is 172 g/mol. The van der Waals surface area contributed by atoms with Crippen LogP contribution in [0.3, 0.4) is 0 Å². The van der Waals surface area contributed by atoms with Gasteiger partial charge < -0.3 is 11.1 Å². The summed E-state index contributed by atoms with van der Waals surface area (Å²) in [6, 6.07) is 0.714. The highest BCUT2D eigenvalue weighted by atomic mass is 14.9. The van der Waals surface area contributed by atoms with Gasteiger partial charge in [0.05, 0.1) is 6.04 Å². The summed E-state index contributed by atoms with van der Waals surface area (Å²) >= 11 is 0. The van der Waals surface area contributed by atoms with Crippen LogP contribution >= 0.6 is 0 Å². The fourth-order valence-electron chi connectivity index (χ4n) is 2.16. The summed E-state index contributed by atoms with van der Waals surface area (Å²) in [4.78, 5) is 0. The van der Waals surface area contributed by atoms with E-state index in [1.807, 2.05) is 6.92 Å². The number of fused-ring (bicyclic) bond motifs is 1. The molecule has 0 saturated heterocycles. The zero-order chi connectivity index (χ0) is 10.1. The molecule has 3 unspecified atom stereocenters. The Balaban J connectivity index is 2.06. The molecule has 0 spiro atoms. The van der Waals surface area contributed by atoms with E-state index in [1.54, 1.807) is 0 Å². The lowest BCUT2D eigenvalue weighted by atomic mass is 9.91. The molecule has 2 aliphatic rings. The molecule has 0 bridgehead atoms. The Morgan fingerprint density at radius 2 is 2.29 bits per heavy atom. The van der Waals surface area contributed by atoms with Crippen LogP contribution in [0.2, 0.25) is 0 Å². The van der Waals surface area contributed by atoms with E-state index in [-0.39, 0.29) is 6.04 Å². The fourth-order valence-corrected chi connectivity index (χ4v) is 2.16. The van der Waals surface area contributed by atoms with E-state index in [2.05, 4.69) is 36.5 Å². The van der Waals surface area contributed by atoms with Crippen molar-refractivity contribution in [1.82, 2.24) is 5.32 Å². The smallest absolute Gasteiger partial charge is 0.0545 e. The lowest BCUT2D eigenvalue weighted by molar-refractivity contribution is 0.623. The normalized spacial score (nSPS) is 31.6. The molecule has 76 valence electrons. The Morgan fingerprint density at radius 3 is 3.00 bits per heavy atom. The molecule has 0 aromatic carbocycles. The number of hydrogen-bond donors (Lipinski definition) is 2. The molecule has 2 heteroatoms. The Kier molecular flexibility index (Phi) is 2.46. The van der Waals surface area contributed by atoms with Gasteiger partial charge in [0.15, 0.2) is 0 Å². The largest absolute Gasteiger partial charge is 0.382 e. The SMILES string of the molecule is CC1=CC2C=CC(CC(C)N)=CC2N1. The van der Waals surface area contributed by atoms with E-state index in [1.165, 1.54) is 11.3 Å². The summed E-state index contributed by atoms with van der Waals surface area (Å²) in [6.45, 7) is 4.16. The van der Waals surface area contributed by atoms with Gasteiger partial charge in [-0.15, -0.1) is 0 Å². The van der Waals surface area contributed by atoms with Crippen LogP contribution in [-0.4, -0.2) is 12.1 Å². The maximum Gasteiger partial charge on any atom is 0.0545 e. The molecule has 14 heavy (non-hydrogen) atoms. The molecule has 1 aliphatic heterocycles. The lowest BCUT2D eigenvalue weighted by Crippen LogP contribution is -2.27. The summed E-state index contributed by atoms with van der Waals surface area (Å²) < 4.78 is 0. The average molecular weight is 190 g/mol. The van der Waals surface area contributed by atoms with Crippen LogP contribution in [0.1, 0.15) is 20.3 Å². The number of allylic oxidation sites excluding steroid dienone is 2. The average Bonchev–Trinajstić information content (AvgIpc) is 2.42. The van der Waals surface area contributed by atoms with Gasteiger partial charge in [-0.3, -0.25) is 0 Å². The van der Waals surface area contributed by atoms with E-state index in [0.29, 0.717) is 12.0 Å². The quantitative estimate of drug-likeness (QED) is 0.695. The minimum atomic E-state index is 0.248. The van der Waals surface area contributed by atoms with Crippen molar-refractivity contribution in [2.45, 2.75) is 32.4 Å². The molecule has 3 atom stereocenters. The molecule has 0 fully saturated rings. The van der Waals surface area contributed by atoms with Gasteiger partial charge >= 0.3 is 0 Å². The molecule has 1 heterocycles. The zero-order valence-electron chi connectivity index (χ0n) is 8.83. The van der Waals surface area contributed by atoms with Crippen molar-refractivity contribution in [2.24, 2.45) is 11.7 Å². The molecule has 0 aromatic heterocycles. The Labute approximate surface area is 85.6 Å². The highest BCUT2D eigenvalue weighted by molar-refractivity contribution is 5.34. The van der Waals surface area contributed by atoms with Crippen molar-refractivity contribution in [3.05, 3.63) is 35.6 Å². The number of nitrogens with two attached hydrogens (primary N) is 1. The third-order valence-electron chi connectivity index (χ3n) is 2.74. The van der Waals surface area contributed by atoms with Crippen molar-refractivity contribution in [2.75, 3.05) is 0 Å². The molecule has 3 N–H and O–H groups in total. The van der Waals surface area contributed by atoms with Gasteiger partial charge in [0, 0.05) is 17.7 Å². The third kappa shape index (κ3) is 1.90. The second kappa shape index (κ2) is 3.62. The molecule has 0 aromatic rings. The van der Waals surface area contributed by atoms with Gasteiger partial charge in [-0.05, 0) is 25.8 Å². The van der Waals surface area contributed by atoms with Gasteiger partial charge in [0.25, 0.3) is 0 Å². The topological polar surface area (TPSA) is 38.0 Å². The van der Waals surface area contributed by atoms with Crippen molar-refractivity contribution in [3.63, 3.8) is 0 Å². The summed E-state index contributed by atoms with van der Waals surface area (Å²) in [6.07, 6.45) is 10.0. The van der Waals surface area contributed by atoms with Crippen LogP contribution in [0.25, 0.3) is 0 Å². The zero-order valence-corrected chi connectivity index (χ0v) is 8.83. The second-order valence-corrected chi connectivity index (χ2v) is 4.38. The van der Waals surface area contributed by atoms with E-state index < -0.39 is 0 Å². The van der Waals surface area contributed by atoms with Crippen molar-refractivity contribution in [1.29, 1.82) is 0 Å². The Hall–Kier alpha value is -1.02. The van der Waals surface area contributed by atoms with Gasteiger partial charge in [0.1, 0.15) is 0 Å². The molecule has 0 amide bonds. The monoisotopic (exact) mass is 190 g/mol. The first kappa shape index (κ1) is 9.53. The minimum Gasteiger partial charge on any atom is -0.382 e. The van der Waals surface area contributed by atoms with Crippen LogP contribution in [0.5, 0.6) is 0 Å². The first-order chi connectivity index (χ1) is 6.65. The number of nitrogens with one attached hydrogen (secondary N) is 1. The maximum atomic E-state index is 5.78. The maximum absolute atomic E-state index is 5.78. The summed E-state index contributed by atoms with van der Waals surface area (Å²) in [7, 11) is 0. The standard InChI is InChI=1S/C12H18N2/c1-8(13)5-10-3-4-11-6-9(2)14-12(11)7-10/h3-4,6-8,11-12,14H,5,13H2,1-2H3. The van der Waals surface area contributed by atoms with Gasteiger partial charge in [-0.1, -0.05) is 24.3 Å². The predicted octanol–water partition coefficient (Wildman–Crippen LogP) is 1.71.